The van der Waals surface area contributed by atoms with Crippen LogP contribution in [0, 0.1) is 0 Å². The van der Waals surface area contributed by atoms with Crippen LogP contribution in [0.15, 0.2) is 11.1 Å². The van der Waals surface area contributed by atoms with Crippen LogP contribution in [0.1, 0.15) is 27.7 Å². The summed E-state index contributed by atoms with van der Waals surface area (Å²) in [5, 5.41) is 8.69. The van der Waals surface area contributed by atoms with Crippen LogP contribution >= 0.6 is 0 Å². The summed E-state index contributed by atoms with van der Waals surface area (Å²) in [5.41, 5.74) is 1.45. The zero-order valence-electron chi connectivity index (χ0n) is 7.34. The van der Waals surface area contributed by atoms with Crippen molar-refractivity contribution in [2.24, 2.45) is 0 Å². The molecule has 0 aromatic heterocycles. The molecule has 0 aliphatic carbocycles. The molecule has 3 nitrogen and oxygen atoms in total. The molecular weight excluding hydrogens is 144 g/mol. The van der Waals surface area contributed by atoms with Crippen molar-refractivity contribution in [2.75, 3.05) is 0 Å². The number of carbonyl (C=O) groups is 1. The minimum atomic E-state index is -1.03. The minimum Gasteiger partial charge on any atom is -0.433 e. The number of aliphatic hydroxyl groups excluding tert-OH is 1. The second-order valence-electron chi connectivity index (χ2n) is 2.63. The van der Waals surface area contributed by atoms with Gasteiger partial charge in [-0.05, 0) is 27.7 Å². The van der Waals surface area contributed by atoms with Gasteiger partial charge in [0, 0.05) is 5.57 Å². The number of ether oxygens (including phenoxy) is 1. The molecule has 0 aromatic rings. The number of hydrogen-bond donors (Lipinski definition) is 1. The van der Waals surface area contributed by atoms with Gasteiger partial charge in [0.2, 0.25) is 0 Å². The Morgan fingerprint density at radius 2 is 1.82 bits per heavy atom. The van der Waals surface area contributed by atoms with E-state index in [4.69, 9.17) is 5.11 Å². The van der Waals surface area contributed by atoms with E-state index in [1.165, 1.54) is 6.92 Å². The quantitative estimate of drug-likeness (QED) is 0.373. The van der Waals surface area contributed by atoms with Gasteiger partial charge in [0.05, 0.1) is 0 Å². The van der Waals surface area contributed by atoms with Gasteiger partial charge in [0.15, 0.2) is 6.29 Å². The van der Waals surface area contributed by atoms with E-state index in [1.807, 2.05) is 13.8 Å². The first-order valence-electron chi connectivity index (χ1n) is 3.48. The van der Waals surface area contributed by atoms with Crippen LogP contribution in [-0.2, 0) is 9.53 Å². The monoisotopic (exact) mass is 158 g/mol. The average Bonchev–Trinajstić information content (AvgIpc) is 1.84. The molecular formula is C8H14O3. The predicted molar refractivity (Wildman–Crippen MR) is 41.8 cm³/mol. The molecule has 1 N–H and O–H groups in total. The van der Waals surface area contributed by atoms with E-state index < -0.39 is 12.3 Å². The first-order chi connectivity index (χ1) is 4.95. The van der Waals surface area contributed by atoms with Crippen molar-refractivity contribution in [3.63, 3.8) is 0 Å². The fourth-order valence-electron chi connectivity index (χ4n) is 0.447. The second-order valence-corrected chi connectivity index (χ2v) is 2.63. The third kappa shape index (κ3) is 3.78. The molecule has 0 heterocycles. The van der Waals surface area contributed by atoms with Gasteiger partial charge < -0.3 is 9.84 Å². The number of allylic oxidation sites excluding steroid dienone is 1. The van der Waals surface area contributed by atoms with E-state index in [1.54, 1.807) is 6.92 Å². The van der Waals surface area contributed by atoms with Gasteiger partial charge in [-0.3, -0.25) is 0 Å². The first-order valence-corrected chi connectivity index (χ1v) is 3.48. The van der Waals surface area contributed by atoms with E-state index in [0.29, 0.717) is 5.57 Å². The van der Waals surface area contributed by atoms with Crippen LogP contribution in [0.3, 0.4) is 0 Å². The molecule has 0 fully saturated rings. The molecule has 0 spiro atoms. The molecule has 0 rings (SSSR count). The van der Waals surface area contributed by atoms with Crippen LogP contribution in [0.4, 0.5) is 0 Å². The fraction of sp³-hybridized carbons (Fsp3) is 0.625. The van der Waals surface area contributed by atoms with Gasteiger partial charge in [-0.15, -0.1) is 0 Å². The molecule has 64 valence electrons. The lowest BCUT2D eigenvalue weighted by molar-refractivity contribution is -0.159. The maximum absolute atomic E-state index is 11.0. The van der Waals surface area contributed by atoms with Crippen molar-refractivity contribution in [1.29, 1.82) is 0 Å². The summed E-state index contributed by atoms with van der Waals surface area (Å²) in [7, 11) is 0. The van der Waals surface area contributed by atoms with Crippen LogP contribution in [0.5, 0.6) is 0 Å². The molecule has 3 heteroatoms. The summed E-state index contributed by atoms with van der Waals surface area (Å²) in [5.74, 6) is -0.458. The molecule has 0 saturated heterocycles. The number of rotatable bonds is 2. The summed E-state index contributed by atoms with van der Waals surface area (Å²) in [6.45, 7) is 6.70. The lowest BCUT2D eigenvalue weighted by Gasteiger charge is -2.07. The Labute approximate surface area is 66.7 Å². The zero-order valence-corrected chi connectivity index (χ0v) is 7.34. The highest BCUT2D eigenvalue weighted by molar-refractivity contribution is 5.88. The van der Waals surface area contributed by atoms with E-state index in [0.717, 1.165) is 5.57 Å². The summed E-state index contributed by atoms with van der Waals surface area (Å²) in [6, 6.07) is 0. The number of hydrogen-bond acceptors (Lipinski definition) is 3. The molecule has 1 unspecified atom stereocenters. The Morgan fingerprint density at radius 1 is 1.36 bits per heavy atom. The van der Waals surface area contributed by atoms with Crippen molar-refractivity contribution in [3.05, 3.63) is 11.1 Å². The Balaban J connectivity index is 4.17. The van der Waals surface area contributed by atoms with Crippen LogP contribution in [0.25, 0.3) is 0 Å². The van der Waals surface area contributed by atoms with Crippen molar-refractivity contribution >= 4 is 5.97 Å². The summed E-state index contributed by atoms with van der Waals surface area (Å²) < 4.78 is 4.53. The van der Waals surface area contributed by atoms with Crippen molar-refractivity contribution in [2.45, 2.75) is 34.0 Å². The highest BCUT2D eigenvalue weighted by Crippen LogP contribution is 2.04. The van der Waals surface area contributed by atoms with Gasteiger partial charge in [-0.1, -0.05) is 5.57 Å². The van der Waals surface area contributed by atoms with Crippen LogP contribution in [-0.4, -0.2) is 17.4 Å². The molecule has 0 aliphatic heterocycles. The van der Waals surface area contributed by atoms with Crippen LogP contribution < -0.4 is 0 Å². The molecule has 1 atom stereocenters. The molecule has 0 amide bonds. The highest BCUT2D eigenvalue weighted by Gasteiger charge is 2.08. The average molecular weight is 158 g/mol. The van der Waals surface area contributed by atoms with Gasteiger partial charge >= 0.3 is 5.97 Å². The number of carbonyl (C=O) groups excluding carboxylic acids is 1. The molecule has 0 saturated carbocycles. The van der Waals surface area contributed by atoms with Crippen molar-refractivity contribution < 1.29 is 14.6 Å². The summed E-state index contributed by atoms with van der Waals surface area (Å²) in [4.78, 5) is 11.0. The van der Waals surface area contributed by atoms with Gasteiger partial charge in [0.25, 0.3) is 0 Å². The van der Waals surface area contributed by atoms with Crippen molar-refractivity contribution in [1.82, 2.24) is 0 Å². The normalized spacial score (nSPS) is 12.1. The molecule has 11 heavy (non-hydrogen) atoms. The predicted octanol–water partition coefficient (Wildman–Crippen LogP) is 1.22. The smallest absolute Gasteiger partial charge is 0.335 e. The molecule has 0 aromatic carbocycles. The number of aliphatic hydroxyl groups is 1. The highest BCUT2D eigenvalue weighted by atomic mass is 16.6. The van der Waals surface area contributed by atoms with Crippen molar-refractivity contribution in [3.8, 4) is 0 Å². The first kappa shape index (κ1) is 10.2. The largest absolute Gasteiger partial charge is 0.433 e. The maximum Gasteiger partial charge on any atom is 0.335 e. The Hall–Kier alpha value is -0.830. The van der Waals surface area contributed by atoms with Gasteiger partial charge in [-0.25, -0.2) is 4.79 Å². The van der Waals surface area contributed by atoms with E-state index in [9.17, 15) is 4.79 Å². The SMILES string of the molecule is CC(C)=C(C)C(=O)OC(C)O. The summed E-state index contributed by atoms with van der Waals surface area (Å²) in [6.07, 6.45) is -1.03. The third-order valence-electron chi connectivity index (χ3n) is 1.33. The lowest BCUT2D eigenvalue weighted by atomic mass is 10.2. The molecule has 0 aliphatic rings. The lowest BCUT2D eigenvalue weighted by Crippen LogP contribution is -2.15. The third-order valence-corrected chi connectivity index (χ3v) is 1.33. The molecule has 0 radical (unpaired) electrons. The Bertz CT molecular complexity index is 176. The standard InChI is InChI=1S/C8H14O3/c1-5(2)6(3)8(10)11-7(4)9/h7,9H,1-4H3. The molecule has 0 bridgehead atoms. The van der Waals surface area contributed by atoms with Gasteiger partial charge in [0.1, 0.15) is 0 Å². The van der Waals surface area contributed by atoms with E-state index in [2.05, 4.69) is 4.74 Å². The van der Waals surface area contributed by atoms with E-state index >= 15 is 0 Å². The van der Waals surface area contributed by atoms with Crippen LogP contribution in [0.2, 0.25) is 0 Å². The topological polar surface area (TPSA) is 46.5 Å². The van der Waals surface area contributed by atoms with Gasteiger partial charge in [-0.2, -0.15) is 0 Å². The fourth-order valence-corrected chi connectivity index (χ4v) is 0.447. The summed E-state index contributed by atoms with van der Waals surface area (Å²) >= 11 is 0. The van der Waals surface area contributed by atoms with E-state index in [-0.39, 0.29) is 0 Å². The second kappa shape index (κ2) is 4.13. The Morgan fingerprint density at radius 3 is 2.09 bits per heavy atom. The maximum atomic E-state index is 11.0. The zero-order chi connectivity index (χ0) is 9.02. The Kier molecular flexibility index (Phi) is 3.82. The number of esters is 1. The minimum absolute atomic E-state index is 0.458.